The molecule has 202 valence electrons. The van der Waals surface area contributed by atoms with Gasteiger partial charge in [-0.1, -0.05) is 49.8 Å². The summed E-state index contributed by atoms with van der Waals surface area (Å²) in [4.78, 5) is 0. The van der Waals surface area contributed by atoms with Crippen LogP contribution in [-0.4, -0.2) is 17.6 Å². The van der Waals surface area contributed by atoms with Gasteiger partial charge in [0.2, 0.25) is 5.82 Å². The molecule has 1 unspecified atom stereocenters. The Balaban J connectivity index is 1.61. The Morgan fingerprint density at radius 1 is 0.737 bits per heavy atom. The fraction of sp³-hybridized carbons (Fsp3) is 0.333. The van der Waals surface area contributed by atoms with E-state index in [1.54, 1.807) is 18.7 Å². The third-order valence-corrected chi connectivity index (χ3v) is 8.09. The van der Waals surface area contributed by atoms with Gasteiger partial charge in [-0.05, 0) is 49.8 Å². The van der Waals surface area contributed by atoms with Crippen molar-refractivity contribution in [3.8, 4) is 28.0 Å². The van der Waals surface area contributed by atoms with E-state index >= 15 is 17.6 Å². The SMILES string of the molecule is CCCC=CC1CC[C@@H](c2ccc(-c3ccc(-c4ccc(OCC)c(F)c4F)c(F)c3F)c(F)c2F)CS1. The number of allylic oxidation sites excluding steroid dienone is 1. The first-order chi connectivity index (χ1) is 18.3. The van der Waals surface area contributed by atoms with E-state index in [1.165, 1.54) is 12.1 Å². The Bertz CT molecular complexity index is 1330. The number of thioether (sulfide) groups is 1. The van der Waals surface area contributed by atoms with Crippen LogP contribution in [0.3, 0.4) is 0 Å². The maximum absolute atomic E-state index is 15.1. The number of ether oxygens (including phenoxy) is 1. The molecule has 0 saturated carbocycles. The molecule has 0 bridgehead atoms. The van der Waals surface area contributed by atoms with Crippen molar-refractivity contribution in [3.63, 3.8) is 0 Å². The number of unbranched alkanes of at least 4 members (excludes halogenated alkanes) is 1. The quantitative estimate of drug-likeness (QED) is 0.204. The maximum Gasteiger partial charge on any atom is 0.201 e. The largest absolute Gasteiger partial charge is 0.491 e. The summed E-state index contributed by atoms with van der Waals surface area (Å²) in [7, 11) is 0. The molecule has 3 aromatic rings. The predicted molar refractivity (Wildman–Crippen MR) is 140 cm³/mol. The van der Waals surface area contributed by atoms with Gasteiger partial charge in [-0.25, -0.2) is 22.0 Å². The Labute approximate surface area is 222 Å². The zero-order valence-corrected chi connectivity index (χ0v) is 21.9. The molecule has 4 rings (SSSR count). The topological polar surface area (TPSA) is 9.23 Å². The van der Waals surface area contributed by atoms with Gasteiger partial charge < -0.3 is 4.74 Å². The molecule has 0 radical (unpaired) electrons. The third kappa shape index (κ3) is 5.60. The van der Waals surface area contributed by atoms with E-state index in [-0.39, 0.29) is 23.8 Å². The summed E-state index contributed by atoms with van der Waals surface area (Å²) in [5.41, 5.74) is -1.82. The van der Waals surface area contributed by atoms with Crippen LogP contribution in [0, 0.1) is 34.9 Å². The average Bonchev–Trinajstić information content (AvgIpc) is 2.91. The molecule has 1 fully saturated rings. The second kappa shape index (κ2) is 12.3. The van der Waals surface area contributed by atoms with Crippen LogP contribution in [-0.2, 0) is 0 Å². The zero-order valence-electron chi connectivity index (χ0n) is 21.1. The highest BCUT2D eigenvalue weighted by molar-refractivity contribution is 8.00. The number of hydrogen-bond acceptors (Lipinski definition) is 2. The molecule has 38 heavy (non-hydrogen) atoms. The lowest BCUT2D eigenvalue weighted by molar-refractivity contribution is 0.314. The lowest BCUT2D eigenvalue weighted by Gasteiger charge is -2.27. The Morgan fingerprint density at radius 3 is 1.84 bits per heavy atom. The smallest absolute Gasteiger partial charge is 0.201 e. The monoisotopic (exact) mass is 550 g/mol. The van der Waals surface area contributed by atoms with Crippen LogP contribution in [0.5, 0.6) is 5.75 Å². The predicted octanol–water partition coefficient (Wildman–Crippen LogP) is 9.59. The zero-order chi connectivity index (χ0) is 27.4. The van der Waals surface area contributed by atoms with Crippen molar-refractivity contribution in [2.45, 2.75) is 50.7 Å². The highest BCUT2D eigenvalue weighted by Gasteiger charge is 2.28. The van der Waals surface area contributed by atoms with Crippen molar-refractivity contribution < 1.29 is 31.1 Å². The van der Waals surface area contributed by atoms with Gasteiger partial charge in [0.25, 0.3) is 0 Å². The summed E-state index contributed by atoms with van der Waals surface area (Å²) >= 11 is 1.69. The van der Waals surface area contributed by atoms with Crippen LogP contribution in [0.25, 0.3) is 22.3 Å². The van der Waals surface area contributed by atoms with Gasteiger partial charge in [0.15, 0.2) is 34.8 Å². The number of rotatable bonds is 8. The van der Waals surface area contributed by atoms with Gasteiger partial charge in [0.1, 0.15) is 0 Å². The van der Waals surface area contributed by atoms with Gasteiger partial charge in [0, 0.05) is 33.3 Å². The second-order valence-corrected chi connectivity index (χ2v) is 10.4. The summed E-state index contributed by atoms with van der Waals surface area (Å²) in [5, 5.41) is 0.342. The van der Waals surface area contributed by atoms with Crippen LogP contribution >= 0.6 is 11.8 Å². The normalized spacial score (nSPS) is 17.8. The fourth-order valence-electron chi connectivity index (χ4n) is 4.64. The van der Waals surface area contributed by atoms with Gasteiger partial charge in [-0.3, -0.25) is 0 Å². The molecule has 1 aliphatic rings. The van der Waals surface area contributed by atoms with E-state index in [1.807, 2.05) is 0 Å². The minimum Gasteiger partial charge on any atom is -0.491 e. The van der Waals surface area contributed by atoms with E-state index in [4.69, 9.17) is 4.74 Å². The summed E-state index contributed by atoms with van der Waals surface area (Å²) in [6.07, 6.45) is 7.91. The Kier molecular flexibility index (Phi) is 9.13. The second-order valence-electron chi connectivity index (χ2n) is 9.15. The molecule has 2 atom stereocenters. The molecule has 0 spiro atoms. The molecule has 8 heteroatoms. The molecule has 0 aliphatic carbocycles. The minimum atomic E-state index is -1.50. The van der Waals surface area contributed by atoms with Crippen LogP contribution in [0.2, 0.25) is 0 Å². The molecule has 1 nitrogen and oxygen atoms in total. The van der Waals surface area contributed by atoms with E-state index in [0.29, 0.717) is 17.4 Å². The molecule has 1 heterocycles. The van der Waals surface area contributed by atoms with Gasteiger partial charge in [-0.2, -0.15) is 16.2 Å². The number of halogens is 6. The summed E-state index contributed by atoms with van der Waals surface area (Å²) in [6, 6.07) is 6.88. The van der Waals surface area contributed by atoms with Crippen LogP contribution < -0.4 is 4.74 Å². The molecule has 0 N–H and O–H groups in total. The first-order valence-corrected chi connectivity index (χ1v) is 13.7. The molecule has 1 aliphatic heterocycles. The van der Waals surface area contributed by atoms with Crippen molar-refractivity contribution in [2.75, 3.05) is 12.4 Å². The highest BCUT2D eigenvalue weighted by Crippen LogP contribution is 2.40. The summed E-state index contributed by atoms with van der Waals surface area (Å²) in [6.45, 7) is 3.78. The highest BCUT2D eigenvalue weighted by atomic mass is 32.2. The third-order valence-electron chi connectivity index (χ3n) is 6.68. The van der Waals surface area contributed by atoms with E-state index in [2.05, 4.69) is 19.1 Å². The lowest BCUT2D eigenvalue weighted by atomic mass is 9.91. The Morgan fingerprint density at radius 2 is 1.29 bits per heavy atom. The summed E-state index contributed by atoms with van der Waals surface area (Å²) < 4.78 is 94.2. The van der Waals surface area contributed by atoms with Crippen molar-refractivity contribution >= 4 is 11.8 Å². The first-order valence-electron chi connectivity index (χ1n) is 12.6. The van der Waals surface area contributed by atoms with Crippen molar-refractivity contribution in [2.24, 2.45) is 0 Å². The fourth-order valence-corrected chi connectivity index (χ4v) is 5.99. The van der Waals surface area contributed by atoms with Crippen LogP contribution in [0.15, 0.2) is 48.6 Å². The Hall–Kier alpha value is -2.87. The van der Waals surface area contributed by atoms with Gasteiger partial charge in [-0.15, -0.1) is 0 Å². The van der Waals surface area contributed by atoms with Crippen LogP contribution in [0.4, 0.5) is 26.3 Å². The lowest BCUT2D eigenvalue weighted by Crippen LogP contribution is -2.16. The minimum absolute atomic E-state index is 0.0881. The van der Waals surface area contributed by atoms with Gasteiger partial charge in [0.05, 0.1) is 6.61 Å². The van der Waals surface area contributed by atoms with E-state index in [9.17, 15) is 8.78 Å². The molecule has 0 amide bonds. The van der Waals surface area contributed by atoms with Crippen molar-refractivity contribution in [3.05, 3.63) is 89.0 Å². The average molecular weight is 551 g/mol. The van der Waals surface area contributed by atoms with Crippen molar-refractivity contribution in [1.29, 1.82) is 0 Å². The molecular weight excluding hydrogens is 522 g/mol. The standard InChI is InChI=1S/C30H28F6OS/c1-3-5-6-7-18-9-8-17(16-38-18)19-10-11-20(26(32)25(19)31)21-12-13-22(28(34)27(21)33)23-14-15-24(37-4-2)30(36)29(23)35/h6-7,10-15,17-18H,3-5,8-9,16H2,1-2H3/t17-,18?/m1/s1. The van der Waals surface area contributed by atoms with Crippen LogP contribution in [0.1, 0.15) is 51.0 Å². The van der Waals surface area contributed by atoms with E-state index in [0.717, 1.165) is 43.5 Å². The molecule has 3 aromatic carbocycles. The molecule has 0 aromatic heterocycles. The van der Waals surface area contributed by atoms with E-state index < -0.39 is 57.2 Å². The molecule has 1 saturated heterocycles. The maximum atomic E-state index is 15.1. The number of benzene rings is 3. The van der Waals surface area contributed by atoms with Crippen molar-refractivity contribution in [1.82, 2.24) is 0 Å². The number of hydrogen-bond donors (Lipinski definition) is 0. The van der Waals surface area contributed by atoms with Gasteiger partial charge >= 0.3 is 0 Å². The molecular formula is C30H28F6OS. The first kappa shape index (κ1) is 28.1. The summed E-state index contributed by atoms with van der Waals surface area (Å²) in [5.74, 6) is -8.02.